The summed E-state index contributed by atoms with van der Waals surface area (Å²) in [7, 11) is -3.85. The number of sulfonamides is 1. The molecular weight excluding hydrogens is 510 g/mol. The molecule has 3 aromatic rings. The van der Waals surface area contributed by atoms with Gasteiger partial charge >= 0.3 is 0 Å². The van der Waals surface area contributed by atoms with Gasteiger partial charge in [-0.3, -0.25) is 0 Å². The number of hydrogen-bond donors (Lipinski definition) is 3. The van der Waals surface area contributed by atoms with Crippen LogP contribution in [0.4, 0.5) is 17.3 Å². The summed E-state index contributed by atoms with van der Waals surface area (Å²) in [5.41, 5.74) is -0.236. The van der Waals surface area contributed by atoms with Gasteiger partial charge < -0.3 is 24.7 Å². The molecule has 0 radical (unpaired) electrons. The number of halogens is 1. The number of thiophene rings is 1. The van der Waals surface area contributed by atoms with E-state index < -0.39 is 33.0 Å². The fourth-order valence-electron chi connectivity index (χ4n) is 3.19. The lowest BCUT2D eigenvalue weighted by molar-refractivity contribution is 0.304. The molecule has 0 saturated carbocycles. The molecule has 3 aromatic heterocycles. The van der Waals surface area contributed by atoms with Gasteiger partial charge in [0.1, 0.15) is 5.76 Å². The Bertz CT molecular complexity index is 1210. The number of aromatic nitrogens is 2. The van der Waals surface area contributed by atoms with Crippen LogP contribution in [0.1, 0.15) is 46.4 Å². The average Bonchev–Trinajstić information content (AvgIpc) is 3.39. The molecule has 3 rings (SSSR count). The number of rotatable bonds is 9. The molecule has 10 nitrogen and oxygen atoms in total. The summed E-state index contributed by atoms with van der Waals surface area (Å²) < 4.78 is 52.3. The number of aromatic hydroxyl groups is 1. The van der Waals surface area contributed by atoms with Gasteiger partial charge in [0, 0.05) is 27.2 Å². The minimum absolute atomic E-state index is 0.0973. The van der Waals surface area contributed by atoms with Gasteiger partial charge in [0.2, 0.25) is 11.6 Å². The highest BCUT2D eigenvalue weighted by Crippen LogP contribution is 2.43. The summed E-state index contributed by atoms with van der Waals surface area (Å²) in [4.78, 5) is 0. The molecule has 0 aliphatic heterocycles. The van der Waals surface area contributed by atoms with Crippen molar-refractivity contribution in [2.24, 2.45) is 5.41 Å². The Hall–Kier alpha value is -1.90. The Labute approximate surface area is 204 Å². The Morgan fingerprint density at radius 2 is 1.91 bits per heavy atom. The summed E-state index contributed by atoms with van der Waals surface area (Å²) in [6, 6.07) is 2.96. The van der Waals surface area contributed by atoms with E-state index in [1.165, 1.54) is 9.69 Å². The van der Waals surface area contributed by atoms with Gasteiger partial charge in [0.15, 0.2) is 26.3 Å². The van der Waals surface area contributed by atoms with Gasteiger partial charge in [-0.15, -0.1) is 11.3 Å². The van der Waals surface area contributed by atoms with Crippen LogP contribution in [-0.4, -0.2) is 44.2 Å². The van der Waals surface area contributed by atoms with E-state index in [9.17, 15) is 18.1 Å². The third-order valence-corrected chi connectivity index (χ3v) is 9.27. The van der Waals surface area contributed by atoms with Crippen molar-refractivity contribution in [1.29, 1.82) is 0 Å². The maximum Gasteiger partial charge on any atom is 0.256 e. The molecular formula is C19H26ClN5O5S3. The summed E-state index contributed by atoms with van der Waals surface area (Å²) in [5.74, 6) is 0.398. The van der Waals surface area contributed by atoms with Crippen LogP contribution in [0.25, 0.3) is 0 Å². The van der Waals surface area contributed by atoms with E-state index in [1.807, 2.05) is 20.8 Å². The van der Waals surface area contributed by atoms with Crippen LogP contribution in [-0.2, 0) is 10.0 Å². The van der Waals surface area contributed by atoms with Gasteiger partial charge in [-0.2, -0.15) is 4.31 Å². The first kappa shape index (κ1) is 25.7. The second-order valence-corrected chi connectivity index (χ2v) is 12.4. The Kier molecular flexibility index (Phi) is 7.61. The van der Waals surface area contributed by atoms with Crippen LogP contribution < -0.4 is 10.6 Å². The topological polar surface area (TPSA) is 144 Å². The van der Waals surface area contributed by atoms with E-state index in [0.29, 0.717) is 5.76 Å². The Morgan fingerprint density at radius 1 is 1.27 bits per heavy atom. The smallest absolute Gasteiger partial charge is 0.256 e. The number of nitrogens with one attached hydrogen (secondary N) is 2. The lowest BCUT2D eigenvalue weighted by atomic mass is 9.85. The molecule has 0 saturated heterocycles. The average molecular weight is 536 g/mol. The number of furan rings is 1. The van der Waals surface area contributed by atoms with E-state index in [-0.39, 0.29) is 45.3 Å². The number of hydrogen-bond acceptors (Lipinski definition) is 10. The molecule has 33 heavy (non-hydrogen) atoms. The van der Waals surface area contributed by atoms with Gasteiger partial charge in [0.25, 0.3) is 10.0 Å². The molecule has 0 amide bonds. The van der Waals surface area contributed by atoms with Crippen LogP contribution in [0, 0.1) is 5.41 Å². The zero-order chi connectivity index (χ0) is 24.6. The van der Waals surface area contributed by atoms with Gasteiger partial charge in [-0.25, -0.2) is 8.42 Å². The molecule has 0 aliphatic carbocycles. The molecule has 1 unspecified atom stereocenters. The second-order valence-electron chi connectivity index (χ2n) is 8.20. The highest BCUT2D eigenvalue weighted by Gasteiger charge is 2.33. The number of anilines is 3. The number of nitrogens with zero attached hydrogens (tertiary/aromatic N) is 3. The Morgan fingerprint density at radius 3 is 2.45 bits per heavy atom. The minimum atomic E-state index is -3.85. The monoisotopic (exact) mass is 535 g/mol. The summed E-state index contributed by atoms with van der Waals surface area (Å²) >= 11 is 4.94. The molecule has 0 bridgehead atoms. The maximum atomic E-state index is 12.8. The van der Waals surface area contributed by atoms with Gasteiger partial charge in [-0.05, 0) is 29.1 Å². The molecule has 3 N–H and O–H groups in total. The molecule has 3 heterocycles. The van der Waals surface area contributed by atoms with Crippen molar-refractivity contribution in [1.82, 2.24) is 13.1 Å². The lowest BCUT2D eigenvalue weighted by Crippen LogP contribution is -2.30. The first-order valence-electron chi connectivity index (χ1n) is 10.1. The molecule has 0 aromatic carbocycles. The first-order valence-corrected chi connectivity index (χ1v) is 13.8. The zero-order valence-electron chi connectivity index (χ0n) is 18.7. The maximum absolute atomic E-state index is 12.8. The van der Waals surface area contributed by atoms with E-state index >= 15 is 0 Å². The van der Waals surface area contributed by atoms with Crippen molar-refractivity contribution in [2.75, 3.05) is 23.7 Å². The van der Waals surface area contributed by atoms with Crippen molar-refractivity contribution in [3.8, 4) is 5.75 Å². The quantitative estimate of drug-likeness (QED) is 0.315. The van der Waals surface area contributed by atoms with E-state index in [1.54, 1.807) is 26.0 Å². The fraction of sp³-hybridized carbons (Fsp3) is 0.474. The molecule has 0 fully saturated rings. The summed E-state index contributed by atoms with van der Waals surface area (Å²) in [6.45, 7) is 9.93. The molecule has 182 valence electrons. The van der Waals surface area contributed by atoms with Crippen LogP contribution in [0.15, 0.2) is 26.1 Å². The van der Waals surface area contributed by atoms with Crippen molar-refractivity contribution in [2.45, 2.75) is 44.9 Å². The van der Waals surface area contributed by atoms with Crippen LogP contribution in [0.5, 0.6) is 5.75 Å². The van der Waals surface area contributed by atoms with E-state index in [0.717, 1.165) is 11.3 Å². The molecule has 0 spiro atoms. The van der Waals surface area contributed by atoms with Crippen LogP contribution >= 0.6 is 34.1 Å². The van der Waals surface area contributed by atoms with Crippen molar-refractivity contribution >= 4 is 61.4 Å². The van der Waals surface area contributed by atoms with E-state index in [4.69, 9.17) is 16.0 Å². The van der Waals surface area contributed by atoms with Gasteiger partial charge in [-0.1, -0.05) is 34.6 Å². The summed E-state index contributed by atoms with van der Waals surface area (Å²) in [5, 5.41) is 18.4. The highest BCUT2D eigenvalue weighted by atomic mass is 35.5. The van der Waals surface area contributed by atoms with Crippen LogP contribution in [0.3, 0.4) is 0 Å². The standard InChI is InChI=1S/C19H26ClN5O5S3/c1-6-25(7-2)33(28,29)18-14(26)11(10-31-18)21-16-17(24-32(27)23-16)22-15(19(3,4)5)12-8-9-13(20)30-12/h8-10,15,26H,6-7H2,1-5H3,(H,21,23)(H,22,24)/t15-,32?/m0/s1. The predicted octanol–water partition coefficient (Wildman–Crippen LogP) is 5.19. The van der Waals surface area contributed by atoms with Crippen molar-refractivity contribution < 1.29 is 22.5 Å². The second kappa shape index (κ2) is 9.76. The molecule has 2 atom stereocenters. The summed E-state index contributed by atoms with van der Waals surface area (Å²) in [6.07, 6.45) is 0. The third-order valence-electron chi connectivity index (χ3n) is 4.85. The predicted molar refractivity (Wildman–Crippen MR) is 130 cm³/mol. The SMILES string of the molecule is CCN(CC)S(=O)(=O)c1scc(Nc2n[s+]([O-])nc2N[C@@H](c2ccc(Cl)o2)C(C)(C)C)c1O. The van der Waals surface area contributed by atoms with Crippen molar-refractivity contribution in [3.63, 3.8) is 0 Å². The molecule has 0 aliphatic rings. The van der Waals surface area contributed by atoms with Gasteiger partial charge in [0.05, 0.1) is 11.7 Å². The fourth-order valence-corrected chi connectivity index (χ4v) is 6.80. The zero-order valence-corrected chi connectivity index (χ0v) is 22.0. The highest BCUT2D eigenvalue weighted by molar-refractivity contribution is 7.91. The Balaban J connectivity index is 1.93. The minimum Gasteiger partial charge on any atom is -0.546 e. The van der Waals surface area contributed by atoms with Crippen molar-refractivity contribution in [3.05, 3.63) is 28.5 Å². The lowest BCUT2D eigenvalue weighted by Gasteiger charge is -2.29. The van der Waals surface area contributed by atoms with E-state index in [2.05, 4.69) is 19.4 Å². The normalized spacial score (nSPS) is 14.0. The molecule has 14 heteroatoms. The van der Waals surface area contributed by atoms with Crippen LogP contribution in [0.2, 0.25) is 5.22 Å². The third kappa shape index (κ3) is 5.44. The first-order chi connectivity index (χ1) is 15.4. The largest absolute Gasteiger partial charge is 0.546 e.